The average molecular weight is 466 g/mol. The smallest absolute Gasteiger partial charge is 0.344 e. The van der Waals surface area contributed by atoms with Gasteiger partial charge in [-0.3, -0.25) is 15.0 Å². The second kappa shape index (κ2) is 8.52. The number of nitrogens with one attached hydrogen (secondary N) is 2. The molecule has 1 aliphatic carbocycles. The highest BCUT2D eigenvalue weighted by atomic mass is 16.4. The number of furan rings is 1. The lowest BCUT2D eigenvalue weighted by molar-refractivity contribution is -0.141. The van der Waals surface area contributed by atoms with Gasteiger partial charge in [0.05, 0.1) is 6.26 Å². The molecule has 2 aromatic heterocycles. The third kappa shape index (κ3) is 3.79. The van der Waals surface area contributed by atoms with Crippen LogP contribution in [0, 0.1) is 23.2 Å². The van der Waals surface area contributed by atoms with Gasteiger partial charge in [0, 0.05) is 19.0 Å². The Morgan fingerprint density at radius 3 is 2.65 bits per heavy atom. The number of nitrogens with zero attached hydrogens (tertiary/aromatic N) is 4. The maximum absolute atomic E-state index is 13.0. The molecule has 0 radical (unpaired) electrons. The van der Waals surface area contributed by atoms with Gasteiger partial charge in [-0.05, 0) is 56.6 Å². The minimum Gasteiger partial charge on any atom is -0.459 e. The fraction of sp³-hybridized carbons (Fsp3) is 0.522. The lowest BCUT2D eigenvalue weighted by Gasteiger charge is -2.33. The van der Waals surface area contributed by atoms with E-state index in [4.69, 9.17) is 8.83 Å². The monoisotopic (exact) mass is 466 g/mol. The van der Waals surface area contributed by atoms with Crippen molar-refractivity contribution in [2.75, 3.05) is 18.0 Å². The fourth-order valence-electron chi connectivity index (χ4n) is 4.97. The van der Waals surface area contributed by atoms with E-state index in [1.165, 1.54) is 6.26 Å². The number of anilines is 1. The van der Waals surface area contributed by atoms with E-state index >= 15 is 0 Å². The summed E-state index contributed by atoms with van der Waals surface area (Å²) in [4.78, 5) is 44.4. The third-order valence-corrected chi connectivity index (χ3v) is 7.11. The zero-order valence-corrected chi connectivity index (χ0v) is 18.9. The van der Waals surface area contributed by atoms with Crippen LogP contribution in [0.3, 0.4) is 0 Å². The maximum atomic E-state index is 13.0. The Morgan fingerprint density at radius 2 is 2.00 bits per heavy atom. The molecule has 1 saturated carbocycles. The molecule has 2 aliphatic heterocycles. The number of rotatable bonds is 4. The molecule has 0 aromatic carbocycles. The molecule has 4 heterocycles. The summed E-state index contributed by atoms with van der Waals surface area (Å²) in [5, 5.41) is 13.1. The van der Waals surface area contributed by atoms with Crippen molar-refractivity contribution in [3.8, 4) is 17.7 Å². The van der Waals surface area contributed by atoms with Crippen LogP contribution >= 0.6 is 0 Å². The van der Waals surface area contributed by atoms with Crippen LogP contribution in [-0.2, 0) is 9.59 Å². The summed E-state index contributed by atoms with van der Waals surface area (Å²) in [5.74, 6) is 0.398. The number of piperidine rings is 1. The Labute approximate surface area is 196 Å². The summed E-state index contributed by atoms with van der Waals surface area (Å²) in [6.45, 7) is 3.05. The van der Waals surface area contributed by atoms with Gasteiger partial charge in [-0.25, -0.2) is 4.79 Å². The number of carbonyl (C=O) groups is 3. The first-order valence-corrected chi connectivity index (χ1v) is 11.6. The first kappa shape index (κ1) is 22.0. The van der Waals surface area contributed by atoms with E-state index in [9.17, 15) is 19.6 Å². The number of hydrazine groups is 1. The molecule has 11 heteroatoms. The van der Waals surface area contributed by atoms with E-state index in [0.29, 0.717) is 56.3 Å². The van der Waals surface area contributed by atoms with E-state index < -0.39 is 11.6 Å². The highest BCUT2D eigenvalue weighted by molar-refractivity contribution is 6.08. The summed E-state index contributed by atoms with van der Waals surface area (Å²) in [6, 6.07) is 4.87. The van der Waals surface area contributed by atoms with Crippen molar-refractivity contribution in [1.82, 2.24) is 20.7 Å². The minimum atomic E-state index is -0.897. The molecule has 2 saturated heterocycles. The van der Waals surface area contributed by atoms with Crippen LogP contribution in [0.15, 0.2) is 27.2 Å². The lowest BCUT2D eigenvalue weighted by atomic mass is 9.77. The van der Waals surface area contributed by atoms with Gasteiger partial charge in [0.25, 0.3) is 11.8 Å². The summed E-state index contributed by atoms with van der Waals surface area (Å²) >= 11 is 0. The second-order valence-corrected chi connectivity index (χ2v) is 9.33. The number of carbonyl (C=O) groups excluding carboxylic acids is 3. The molecule has 5 rings (SSSR count). The SMILES string of the molecule is CC1CCC2(CC1)NC(=O)N(NC(=O)C1CCN(c3oc(-c4ccco4)nc3C#N)CC1)C2=O. The predicted molar refractivity (Wildman–Crippen MR) is 118 cm³/mol. The number of hydrogen-bond acceptors (Lipinski definition) is 8. The Kier molecular flexibility index (Phi) is 5.51. The summed E-state index contributed by atoms with van der Waals surface area (Å²) in [7, 11) is 0. The van der Waals surface area contributed by atoms with E-state index in [-0.39, 0.29) is 29.3 Å². The minimum absolute atomic E-state index is 0.153. The van der Waals surface area contributed by atoms with Crippen LogP contribution < -0.4 is 15.6 Å². The van der Waals surface area contributed by atoms with E-state index in [2.05, 4.69) is 22.7 Å². The van der Waals surface area contributed by atoms with Gasteiger partial charge in [-0.1, -0.05) is 6.92 Å². The number of urea groups is 1. The Bertz CT molecular complexity index is 1130. The Hall–Kier alpha value is -3.81. The van der Waals surface area contributed by atoms with Gasteiger partial charge in [0.15, 0.2) is 5.76 Å². The number of oxazole rings is 1. The van der Waals surface area contributed by atoms with Gasteiger partial charge in [0.2, 0.25) is 17.5 Å². The van der Waals surface area contributed by atoms with Crippen LogP contribution in [0.4, 0.5) is 10.7 Å². The molecule has 0 bridgehead atoms. The molecule has 0 atom stereocenters. The number of aromatic nitrogens is 1. The zero-order valence-electron chi connectivity index (χ0n) is 18.9. The highest BCUT2D eigenvalue weighted by Gasteiger charge is 2.53. The molecule has 3 aliphatic rings. The molecule has 11 nitrogen and oxygen atoms in total. The van der Waals surface area contributed by atoms with Crippen molar-refractivity contribution in [1.29, 1.82) is 5.26 Å². The summed E-state index contributed by atoms with van der Waals surface area (Å²) < 4.78 is 11.1. The molecule has 1 spiro atoms. The predicted octanol–water partition coefficient (Wildman–Crippen LogP) is 2.55. The molecule has 178 valence electrons. The molecule has 4 amide bonds. The molecular weight excluding hydrogens is 440 g/mol. The first-order valence-electron chi connectivity index (χ1n) is 11.6. The van der Waals surface area contributed by atoms with Crippen LogP contribution in [0.2, 0.25) is 0 Å². The maximum Gasteiger partial charge on any atom is 0.344 e. The largest absolute Gasteiger partial charge is 0.459 e. The average Bonchev–Trinajstić information content (AvgIpc) is 3.57. The van der Waals surface area contributed by atoms with Crippen molar-refractivity contribution in [2.24, 2.45) is 11.8 Å². The zero-order chi connectivity index (χ0) is 23.9. The van der Waals surface area contributed by atoms with Crippen LogP contribution in [0.1, 0.15) is 51.1 Å². The molecule has 34 heavy (non-hydrogen) atoms. The molecule has 2 N–H and O–H groups in total. The van der Waals surface area contributed by atoms with Crippen molar-refractivity contribution in [2.45, 2.75) is 51.0 Å². The standard InChI is InChI=1S/C23H26N6O5/c1-14-4-8-23(9-5-14)21(31)29(22(32)26-23)27-18(30)15-6-10-28(11-7-15)20-16(13-24)25-19(34-20)17-3-2-12-33-17/h2-3,12,14-15H,4-11H2,1H3,(H,26,32)(H,27,30). The lowest BCUT2D eigenvalue weighted by Crippen LogP contribution is -2.53. The van der Waals surface area contributed by atoms with E-state index in [0.717, 1.165) is 17.9 Å². The van der Waals surface area contributed by atoms with Crippen LogP contribution in [0.5, 0.6) is 0 Å². The topological polar surface area (TPSA) is 145 Å². The molecule has 0 unspecified atom stereocenters. The van der Waals surface area contributed by atoms with Crippen molar-refractivity contribution in [3.05, 3.63) is 24.1 Å². The second-order valence-electron chi connectivity index (χ2n) is 9.33. The van der Waals surface area contributed by atoms with Crippen molar-refractivity contribution >= 4 is 23.7 Å². The number of amides is 4. The van der Waals surface area contributed by atoms with Gasteiger partial charge < -0.3 is 19.1 Å². The summed E-state index contributed by atoms with van der Waals surface area (Å²) in [6.07, 6.45) is 5.33. The van der Waals surface area contributed by atoms with E-state index in [1.54, 1.807) is 12.1 Å². The van der Waals surface area contributed by atoms with Gasteiger partial charge in [-0.15, -0.1) is 0 Å². The van der Waals surface area contributed by atoms with Gasteiger partial charge in [-0.2, -0.15) is 15.3 Å². The third-order valence-electron chi connectivity index (χ3n) is 7.11. The first-order chi connectivity index (χ1) is 16.4. The van der Waals surface area contributed by atoms with Crippen molar-refractivity contribution in [3.63, 3.8) is 0 Å². The summed E-state index contributed by atoms with van der Waals surface area (Å²) in [5.41, 5.74) is 1.80. The Morgan fingerprint density at radius 1 is 1.26 bits per heavy atom. The van der Waals surface area contributed by atoms with Crippen LogP contribution in [-0.4, -0.2) is 46.5 Å². The number of imide groups is 1. The Balaban J connectivity index is 1.20. The van der Waals surface area contributed by atoms with Crippen molar-refractivity contribution < 1.29 is 23.2 Å². The highest BCUT2D eigenvalue weighted by Crippen LogP contribution is 2.36. The number of nitriles is 1. The van der Waals surface area contributed by atoms with E-state index in [1.807, 2.05) is 11.0 Å². The van der Waals surface area contributed by atoms with Crippen LogP contribution in [0.25, 0.3) is 11.7 Å². The van der Waals surface area contributed by atoms with Gasteiger partial charge >= 0.3 is 6.03 Å². The quantitative estimate of drug-likeness (QED) is 0.654. The van der Waals surface area contributed by atoms with Gasteiger partial charge in [0.1, 0.15) is 11.6 Å². The fourth-order valence-corrected chi connectivity index (χ4v) is 4.97. The number of hydrogen-bond donors (Lipinski definition) is 2. The molecular formula is C23H26N6O5. The molecule has 2 aromatic rings. The normalized spacial score (nSPS) is 25.5. The molecule has 3 fully saturated rings.